The Bertz CT molecular complexity index is 969. The Hall–Kier alpha value is -3.17. The first-order valence-electron chi connectivity index (χ1n) is 8.22. The molecule has 0 fully saturated rings. The minimum absolute atomic E-state index is 0.0217. The van der Waals surface area contributed by atoms with Gasteiger partial charge in [-0.2, -0.15) is 0 Å². The van der Waals surface area contributed by atoms with Crippen molar-refractivity contribution in [2.75, 3.05) is 20.7 Å². The van der Waals surface area contributed by atoms with Crippen molar-refractivity contribution < 1.29 is 22.7 Å². The van der Waals surface area contributed by atoms with Gasteiger partial charge in [0.15, 0.2) is 0 Å². The van der Waals surface area contributed by atoms with Crippen molar-refractivity contribution in [3.05, 3.63) is 72.3 Å². The van der Waals surface area contributed by atoms with Gasteiger partial charge < -0.3 is 4.74 Å². The van der Waals surface area contributed by atoms with Crippen LogP contribution in [0.15, 0.2) is 66.1 Å². The van der Waals surface area contributed by atoms with Crippen LogP contribution in [-0.2, 0) is 10.0 Å². The molecule has 2 rings (SSSR count). The minimum Gasteiger partial charge on any atom is -0.490 e. The van der Waals surface area contributed by atoms with Gasteiger partial charge in [-0.25, -0.2) is 12.7 Å². The molecule has 2 N–H and O–H groups in total. The molecule has 28 heavy (non-hydrogen) atoms. The summed E-state index contributed by atoms with van der Waals surface area (Å²) in [6.45, 7) is 3.90. The van der Waals surface area contributed by atoms with E-state index in [9.17, 15) is 18.0 Å². The van der Waals surface area contributed by atoms with E-state index in [4.69, 9.17) is 4.74 Å². The number of nitrogens with zero attached hydrogens (tertiary/aromatic N) is 1. The Morgan fingerprint density at radius 2 is 1.64 bits per heavy atom. The SMILES string of the molecule is C=CCOc1ccc(C(=O)NNC(=O)c2cccc(S(=O)(=O)N(C)C)c2)cc1. The number of amides is 2. The Morgan fingerprint density at radius 3 is 2.21 bits per heavy atom. The number of hydrogen-bond acceptors (Lipinski definition) is 5. The monoisotopic (exact) mass is 403 g/mol. The summed E-state index contributed by atoms with van der Waals surface area (Å²) in [4.78, 5) is 24.4. The Morgan fingerprint density at radius 1 is 1.04 bits per heavy atom. The molecule has 0 bridgehead atoms. The van der Waals surface area contributed by atoms with Crippen LogP contribution in [0.4, 0.5) is 0 Å². The van der Waals surface area contributed by atoms with Crippen LogP contribution in [-0.4, -0.2) is 45.2 Å². The summed E-state index contributed by atoms with van der Waals surface area (Å²) in [5, 5.41) is 0. The molecule has 2 aromatic carbocycles. The molecule has 0 unspecified atom stereocenters. The second kappa shape index (κ2) is 9.16. The zero-order valence-electron chi connectivity index (χ0n) is 15.5. The molecule has 8 nitrogen and oxygen atoms in total. The predicted octanol–water partition coefficient (Wildman–Crippen LogP) is 1.58. The largest absolute Gasteiger partial charge is 0.490 e. The van der Waals surface area contributed by atoms with E-state index >= 15 is 0 Å². The van der Waals surface area contributed by atoms with Gasteiger partial charge in [-0.1, -0.05) is 18.7 Å². The molecule has 0 saturated carbocycles. The van der Waals surface area contributed by atoms with E-state index in [1.54, 1.807) is 30.3 Å². The Balaban J connectivity index is 2.02. The topological polar surface area (TPSA) is 105 Å². The van der Waals surface area contributed by atoms with Crippen molar-refractivity contribution in [1.82, 2.24) is 15.2 Å². The smallest absolute Gasteiger partial charge is 0.269 e. The zero-order valence-corrected chi connectivity index (χ0v) is 16.3. The van der Waals surface area contributed by atoms with E-state index < -0.39 is 21.8 Å². The number of benzene rings is 2. The summed E-state index contributed by atoms with van der Waals surface area (Å²) in [6, 6.07) is 11.9. The quantitative estimate of drug-likeness (QED) is 0.539. The van der Waals surface area contributed by atoms with Gasteiger partial charge in [0.05, 0.1) is 4.90 Å². The molecule has 0 atom stereocenters. The van der Waals surface area contributed by atoms with Gasteiger partial charge in [0.25, 0.3) is 11.8 Å². The lowest BCUT2D eigenvalue weighted by atomic mass is 10.2. The summed E-state index contributed by atoms with van der Waals surface area (Å²) in [6.07, 6.45) is 1.61. The van der Waals surface area contributed by atoms with Crippen LogP contribution in [0.25, 0.3) is 0 Å². The standard InChI is InChI=1S/C19H21N3O5S/c1-4-12-27-16-10-8-14(9-11-16)18(23)20-21-19(24)15-6-5-7-17(13-15)28(25,26)22(2)3/h4-11,13H,1,12H2,2-3H3,(H,20,23)(H,21,24). The van der Waals surface area contributed by atoms with Crippen LogP contribution in [0.2, 0.25) is 0 Å². The normalized spacial score (nSPS) is 11.0. The average molecular weight is 403 g/mol. The van der Waals surface area contributed by atoms with Crippen molar-refractivity contribution in [3.8, 4) is 5.75 Å². The van der Waals surface area contributed by atoms with E-state index in [1.807, 2.05) is 0 Å². The van der Waals surface area contributed by atoms with Crippen molar-refractivity contribution in [3.63, 3.8) is 0 Å². The lowest BCUT2D eigenvalue weighted by Gasteiger charge is -2.12. The molecule has 0 aliphatic heterocycles. The highest BCUT2D eigenvalue weighted by Gasteiger charge is 2.19. The van der Waals surface area contributed by atoms with Crippen LogP contribution in [0, 0.1) is 0 Å². The number of ether oxygens (including phenoxy) is 1. The van der Waals surface area contributed by atoms with E-state index in [0.29, 0.717) is 17.9 Å². The fourth-order valence-electron chi connectivity index (χ4n) is 2.12. The maximum atomic E-state index is 12.2. The van der Waals surface area contributed by atoms with Gasteiger partial charge >= 0.3 is 0 Å². The number of carbonyl (C=O) groups is 2. The van der Waals surface area contributed by atoms with Crippen LogP contribution >= 0.6 is 0 Å². The van der Waals surface area contributed by atoms with Gasteiger partial charge in [-0.3, -0.25) is 20.4 Å². The molecule has 0 radical (unpaired) electrons. The fraction of sp³-hybridized carbons (Fsp3) is 0.158. The van der Waals surface area contributed by atoms with Gasteiger partial charge in [-0.05, 0) is 42.5 Å². The first kappa shape index (κ1) is 21.1. The summed E-state index contributed by atoms with van der Waals surface area (Å²) in [5.41, 5.74) is 4.96. The van der Waals surface area contributed by atoms with Gasteiger partial charge in [0.2, 0.25) is 10.0 Å². The highest BCUT2D eigenvalue weighted by molar-refractivity contribution is 7.89. The van der Waals surface area contributed by atoms with Crippen LogP contribution < -0.4 is 15.6 Å². The molecule has 0 saturated heterocycles. The van der Waals surface area contributed by atoms with E-state index in [2.05, 4.69) is 17.4 Å². The van der Waals surface area contributed by atoms with Gasteiger partial charge in [-0.15, -0.1) is 0 Å². The maximum absolute atomic E-state index is 12.2. The van der Waals surface area contributed by atoms with Crippen LogP contribution in [0.5, 0.6) is 5.75 Å². The number of hydrogen-bond donors (Lipinski definition) is 2. The second-order valence-corrected chi connectivity index (χ2v) is 8.00. The highest BCUT2D eigenvalue weighted by Crippen LogP contribution is 2.15. The summed E-state index contributed by atoms with van der Waals surface area (Å²) in [5.74, 6) is -0.588. The number of carbonyl (C=O) groups excluding carboxylic acids is 2. The molecular weight excluding hydrogens is 382 g/mol. The van der Waals surface area contributed by atoms with Crippen molar-refractivity contribution in [1.29, 1.82) is 0 Å². The number of nitrogens with one attached hydrogen (secondary N) is 2. The van der Waals surface area contributed by atoms with Gasteiger partial charge in [0.1, 0.15) is 12.4 Å². The third kappa shape index (κ3) is 5.18. The Labute approximate surface area is 163 Å². The summed E-state index contributed by atoms with van der Waals surface area (Å²) >= 11 is 0. The molecule has 0 aromatic heterocycles. The first-order chi connectivity index (χ1) is 13.3. The third-order valence-corrected chi connectivity index (χ3v) is 5.46. The molecule has 0 spiro atoms. The van der Waals surface area contributed by atoms with Crippen LogP contribution in [0.1, 0.15) is 20.7 Å². The molecular formula is C19H21N3O5S. The van der Waals surface area contributed by atoms with Crippen molar-refractivity contribution >= 4 is 21.8 Å². The van der Waals surface area contributed by atoms with E-state index in [1.165, 1.54) is 38.4 Å². The Kier molecular flexibility index (Phi) is 6.91. The molecule has 0 heterocycles. The van der Waals surface area contributed by atoms with E-state index in [-0.39, 0.29) is 10.5 Å². The molecule has 2 amide bonds. The number of rotatable bonds is 7. The van der Waals surface area contributed by atoms with E-state index in [0.717, 1.165) is 4.31 Å². The van der Waals surface area contributed by atoms with Crippen molar-refractivity contribution in [2.24, 2.45) is 0 Å². The van der Waals surface area contributed by atoms with Crippen molar-refractivity contribution in [2.45, 2.75) is 4.90 Å². The molecule has 0 aliphatic rings. The minimum atomic E-state index is -3.67. The zero-order chi connectivity index (χ0) is 20.7. The van der Waals surface area contributed by atoms with Crippen LogP contribution in [0.3, 0.4) is 0 Å². The highest BCUT2D eigenvalue weighted by atomic mass is 32.2. The maximum Gasteiger partial charge on any atom is 0.269 e. The lowest BCUT2D eigenvalue weighted by molar-refractivity contribution is 0.0846. The molecule has 148 valence electrons. The fourth-order valence-corrected chi connectivity index (χ4v) is 3.07. The summed E-state index contributed by atoms with van der Waals surface area (Å²) < 4.78 is 30.7. The molecule has 9 heteroatoms. The number of hydrazine groups is 1. The second-order valence-electron chi connectivity index (χ2n) is 5.85. The lowest BCUT2D eigenvalue weighted by Crippen LogP contribution is -2.41. The third-order valence-electron chi connectivity index (χ3n) is 3.65. The molecule has 2 aromatic rings. The van der Waals surface area contributed by atoms with Gasteiger partial charge in [0, 0.05) is 25.2 Å². The average Bonchev–Trinajstić information content (AvgIpc) is 2.70. The molecule has 0 aliphatic carbocycles. The predicted molar refractivity (Wildman–Crippen MR) is 104 cm³/mol. The first-order valence-corrected chi connectivity index (χ1v) is 9.66. The number of sulfonamides is 1. The summed E-state index contributed by atoms with van der Waals surface area (Å²) in [7, 11) is -0.872.